The zero-order chi connectivity index (χ0) is 15.4. The number of carbonyl (C=O) groups is 2. The molecule has 1 aliphatic heterocycles. The van der Waals surface area contributed by atoms with E-state index in [4.69, 9.17) is 0 Å². The summed E-state index contributed by atoms with van der Waals surface area (Å²) < 4.78 is 0. The minimum Gasteiger partial charge on any atom is -0.352 e. The first kappa shape index (κ1) is 15.6. The van der Waals surface area contributed by atoms with Crippen LogP contribution >= 0.6 is 0 Å². The summed E-state index contributed by atoms with van der Waals surface area (Å²) in [6.07, 6.45) is 12.2. The number of nitrogens with zero attached hydrogens (tertiary/aromatic N) is 1. The number of carbonyl (C=O) groups excluding carboxylic acids is 2. The molecule has 1 unspecified atom stereocenters. The number of rotatable bonds is 3. The molecule has 1 atom stereocenters. The second-order valence-electron chi connectivity index (χ2n) is 7.13. The van der Waals surface area contributed by atoms with Crippen molar-refractivity contribution in [1.29, 1.82) is 0 Å². The van der Waals surface area contributed by atoms with Crippen LogP contribution in [0, 0.1) is 0 Å². The van der Waals surface area contributed by atoms with Crippen LogP contribution < -0.4 is 10.6 Å². The van der Waals surface area contributed by atoms with E-state index >= 15 is 0 Å². The average molecular weight is 307 g/mol. The van der Waals surface area contributed by atoms with Gasteiger partial charge in [-0.1, -0.05) is 32.1 Å². The number of hydrogen-bond donors (Lipinski definition) is 2. The van der Waals surface area contributed by atoms with Crippen LogP contribution in [0.3, 0.4) is 0 Å². The fourth-order valence-corrected chi connectivity index (χ4v) is 4.15. The van der Waals surface area contributed by atoms with Crippen molar-refractivity contribution in [2.75, 3.05) is 6.54 Å². The van der Waals surface area contributed by atoms with Crippen LogP contribution in [0.4, 0.5) is 4.79 Å². The van der Waals surface area contributed by atoms with Crippen molar-refractivity contribution in [1.82, 2.24) is 15.5 Å². The van der Waals surface area contributed by atoms with Crippen LogP contribution in [0.2, 0.25) is 0 Å². The molecule has 3 aliphatic rings. The van der Waals surface area contributed by atoms with E-state index in [9.17, 15) is 9.59 Å². The zero-order valence-corrected chi connectivity index (χ0v) is 13.5. The van der Waals surface area contributed by atoms with E-state index < -0.39 is 0 Å². The minimum absolute atomic E-state index is 0.0315. The first-order valence-electron chi connectivity index (χ1n) is 9.11. The highest BCUT2D eigenvalue weighted by Crippen LogP contribution is 2.22. The lowest BCUT2D eigenvalue weighted by molar-refractivity contribution is -0.125. The molecule has 0 spiro atoms. The van der Waals surface area contributed by atoms with Gasteiger partial charge in [-0.2, -0.15) is 0 Å². The summed E-state index contributed by atoms with van der Waals surface area (Å²) in [4.78, 5) is 26.7. The highest BCUT2D eigenvalue weighted by Gasteiger charge is 2.35. The summed E-state index contributed by atoms with van der Waals surface area (Å²) in [5, 5.41) is 6.29. The van der Waals surface area contributed by atoms with Crippen LogP contribution in [0.25, 0.3) is 0 Å². The summed E-state index contributed by atoms with van der Waals surface area (Å²) in [5.41, 5.74) is 0. The Hall–Kier alpha value is -1.26. The maximum atomic E-state index is 12.5. The van der Waals surface area contributed by atoms with E-state index in [1.807, 2.05) is 0 Å². The number of hydrogen-bond acceptors (Lipinski definition) is 2. The number of urea groups is 1. The standard InChI is InChI=1S/C17H29N3O2/c21-16(18-13-9-4-5-10-13)15-11-6-12-20(15)17(22)19-14-7-2-1-3-8-14/h13-15H,1-12H2,(H,18,21)(H,19,22). The SMILES string of the molecule is O=C(NC1CCCC1)C1CCCN1C(=O)NC1CCCCC1. The van der Waals surface area contributed by atoms with Gasteiger partial charge in [-0.3, -0.25) is 4.79 Å². The highest BCUT2D eigenvalue weighted by molar-refractivity contribution is 5.87. The van der Waals surface area contributed by atoms with Gasteiger partial charge in [0.05, 0.1) is 0 Å². The molecule has 5 nitrogen and oxygen atoms in total. The molecule has 0 aromatic heterocycles. The molecule has 3 rings (SSSR count). The second kappa shape index (κ2) is 7.34. The van der Waals surface area contributed by atoms with Crippen LogP contribution in [0.5, 0.6) is 0 Å². The maximum Gasteiger partial charge on any atom is 0.318 e. The van der Waals surface area contributed by atoms with Crippen molar-refractivity contribution in [3.8, 4) is 0 Å². The molecule has 5 heteroatoms. The molecule has 3 amide bonds. The van der Waals surface area contributed by atoms with Crippen LogP contribution in [-0.2, 0) is 4.79 Å². The molecular formula is C17H29N3O2. The summed E-state index contributed by atoms with van der Waals surface area (Å²) in [6, 6.07) is 0.344. The Morgan fingerprint density at radius 2 is 1.32 bits per heavy atom. The molecule has 1 saturated heterocycles. The van der Waals surface area contributed by atoms with Gasteiger partial charge in [0.1, 0.15) is 6.04 Å². The quantitative estimate of drug-likeness (QED) is 0.842. The smallest absolute Gasteiger partial charge is 0.318 e. The van der Waals surface area contributed by atoms with Crippen molar-refractivity contribution < 1.29 is 9.59 Å². The van der Waals surface area contributed by atoms with Gasteiger partial charge in [-0.25, -0.2) is 4.79 Å². The normalized spacial score (nSPS) is 27.1. The lowest BCUT2D eigenvalue weighted by atomic mass is 9.96. The van der Waals surface area contributed by atoms with Crippen LogP contribution in [0.15, 0.2) is 0 Å². The lowest BCUT2D eigenvalue weighted by Gasteiger charge is -2.29. The third-order valence-corrected chi connectivity index (χ3v) is 5.45. The fraction of sp³-hybridized carbons (Fsp3) is 0.882. The predicted molar refractivity (Wildman–Crippen MR) is 85.5 cm³/mol. The molecule has 0 bridgehead atoms. The largest absolute Gasteiger partial charge is 0.352 e. The number of amides is 3. The lowest BCUT2D eigenvalue weighted by Crippen LogP contribution is -2.53. The first-order chi connectivity index (χ1) is 10.7. The van der Waals surface area contributed by atoms with Gasteiger partial charge in [-0.15, -0.1) is 0 Å². The second-order valence-corrected chi connectivity index (χ2v) is 7.13. The predicted octanol–water partition coefficient (Wildman–Crippen LogP) is 2.55. The molecule has 2 aliphatic carbocycles. The Morgan fingerprint density at radius 1 is 0.727 bits per heavy atom. The summed E-state index contributed by atoms with van der Waals surface area (Å²) in [5.74, 6) is 0.0585. The average Bonchev–Trinajstić information content (AvgIpc) is 3.19. The Balaban J connectivity index is 1.52. The third-order valence-electron chi connectivity index (χ3n) is 5.45. The number of nitrogens with one attached hydrogen (secondary N) is 2. The fourth-order valence-electron chi connectivity index (χ4n) is 4.15. The van der Waals surface area contributed by atoms with Crippen LogP contribution in [-0.4, -0.2) is 41.5 Å². The van der Waals surface area contributed by atoms with E-state index in [0.717, 1.165) is 38.5 Å². The summed E-state index contributed by atoms with van der Waals surface area (Å²) >= 11 is 0. The van der Waals surface area contributed by atoms with E-state index in [1.54, 1.807) is 4.90 Å². The van der Waals surface area contributed by atoms with E-state index in [1.165, 1.54) is 32.1 Å². The van der Waals surface area contributed by atoms with Gasteiger partial charge >= 0.3 is 6.03 Å². The first-order valence-corrected chi connectivity index (χ1v) is 9.11. The molecule has 2 N–H and O–H groups in total. The van der Waals surface area contributed by atoms with Gasteiger partial charge in [0.15, 0.2) is 0 Å². The molecule has 0 aromatic rings. The Labute approximate surface area is 133 Å². The van der Waals surface area contributed by atoms with Gasteiger partial charge in [0.2, 0.25) is 5.91 Å². The summed E-state index contributed by atoms with van der Waals surface area (Å²) in [7, 11) is 0. The summed E-state index contributed by atoms with van der Waals surface area (Å²) in [6.45, 7) is 0.710. The molecule has 124 valence electrons. The maximum absolute atomic E-state index is 12.5. The van der Waals surface area contributed by atoms with Crippen molar-refractivity contribution in [2.24, 2.45) is 0 Å². The molecule has 3 fully saturated rings. The van der Waals surface area contributed by atoms with E-state index in [-0.39, 0.29) is 18.0 Å². The molecule has 0 radical (unpaired) electrons. The van der Waals surface area contributed by atoms with E-state index in [2.05, 4.69) is 10.6 Å². The molecular weight excluding hydrogens is 278 g/mol. The van der Waals surface area contributed by atoms with Crippen molar-refractivity contribution in [3.05, 3.63) is 0 Å². The molecule has 1 heterocycles. The monoisotopic (exact) mass is 307 g/mol. The molecule has 22 heavy (non-hydrogen) atoms. The Kier molecular flexibility index (Phi) is 5.21. The van der Waals surface area contributed by atoms with Crippen molar-refractivity contribution >= 4 is 11.9 Å². The molecule has 2 saturated carbocycles. The Bertz CT molecular complexity index is 401. The van der Waals surface area contributed by atoms with E-state index in [0.29, 0.717) is 18.6 Å². The van der Waals surface area contributed by atoms with Crippen molar-refractivity contribution in [3.63, 3.8) is 0 Å². The van der Waals surface area contributed by atoms with Gasteiger partial charge < -0.3 is 15.5 Å². The topological polar surface area (TPSA) is 61.4 Å². The van der Waals surface area contributed by atoms with Crippen LogP contribution in [0.1, 0.15) is 70.6 Å². The Morgan fingerprint density at radius 3 is 2.00 bits per heavy atom. The molecule has 0 aromatic carbocycles. The zero-order valence-electron chi connectivity index (χ0n) is 13.5. The van der Waals surface area contributed by atoms with Gasteiger partial charge in [0.25, 0.3) is 0 Å². The highest BCUT2D eigenvalue weighted by atomic mass is 16.2. The van der Waals surface area contributed by atoms with Gasteiger partial charge in [-0.05, 0) is 38.5 Å². The van der Waals surface area contributed by atoms with Gasteiger partial charge in [0, 0.05) is 18.6 Å². The van der Waals surface area contributed by atoms with Crippen molar-refractivity contribution in [2.45, 2.75) is 88.8 Å². The minimum atomic E-state index is -0.260. The third kappa shape index (κ3) is 3.73. The number of likely N-dealkylation sites (tertiary alicyclic amines) is 1.